The number of aryl methyl sites for hydroxylation is 1. The molecule has 8 heteroatoms. The largest absolute Gasteiger partial charge is 0.351 e. The predicted octanol–water partition coefficient (Wildman–Crippen LogP) is 1.88. The predicted molar refractivity (Wildman–Crippen MR) is 116 cm³/mol. The number of nitrogens with zero attached hydrogens (tertiary/aromatic N) is 3. The van der Waals surface area contributed by atoms with E-state index in [2.05, 4.69) is 15.4 Å². The second-order valence-electron chi connectivity index (χ2n) is 7.95. The van der Waals surface area contributed by atoms with Crippen LogP contribution in [0.4, 0.5) is 0 Å². The number of amides is 2. The van der Waals surface area contributed by atoms with Gasteiger partial charge in [0.1, 0.15) is 5.56 Å². The molecule has 2 amide bonds. The van der Waals surface area contributed by atoms with E-state index >= 15 is 0 Å². The summed E-state index contributed by atoms with van der Waals surface area (Å²) in [6, 6.07) is 11.5. The number of rotatable bonds is 6. The number of carbonyl (C=O) groups is 2. The molecule has 0 unspecified atom stereocenters. The van der Waals surface area contributed by atoms with Crippen molar-refractivity contribution in [1.29, 1.82) is 0 Å². The zero-order valence-corrected chi connectivity index (χ0v) is 17.5. The summed E-state index contributed by atoms with van der Waals surface area (Å²) in [4.78, 5) is 41.3. The van der Waals surface area contributed by atoms with E-state index in [0.717, 1.165) is 11.1 Å². The molecule has 31 heavy (non-hydrogen) atoms. The number of benzene rings is 1. The van der Waals surface area contributed by atoms with E-state index in [1.807, 2.05) is 41.2 Å². The first-order valence-electron chi connectivity index (χ1n) is 10.2. The van der Waals surface area contributed by atoms with Crippen LogP contribution in [0.2, 0.25) is 0 Å². The van der Waals surface area contributed by atoms with Crippen LogP contribution in [-0.4, -0.2) is 45.1 Å². The lowest BCUT2D eigenvalue weighted by Crippen LogP contribution is -2.35. The van der Waals surface area contributed by atoms with Gasteiger partial charge in [0, 0.05) is 43.9 Å². The van der Waals surface area contributed by atoms with Gasteiger partial charge < -0.3 is 15.2 Å². The summed E-state index contributed by atoms with van der Waals surface area (Å²) in [5.41, 5.74) is 2.36. The lowest BCUT2D eigenvalue weighted by Gasteiger charge is -2.24. The van der Waals surface area contributed by atoms with Crippen molar-refractivity contribution in [3.8, 4) is 0 Å². The van der Waals surface area contributed by atoms with Gasteiger partial charge in [-0.3, -0.25) is 19.1 Å². The second-order valence-corrected chi connectivity index (χ2v) is 7.95. The van der Waals surface area contributed by atoms with Gasteiger partial charge in [-0.2, -0.15) is 5.10 Å². The fraction of sp³-hybridized carbons (Fsp3) is 0.304. The molecule has 0 saturated carbocycles. The first kappa shape index (κ1) is 20.6. The maximum Gasteiger partial charge on any atom is 0.261 e. The molecule has 2 atom stereocenters. The summed E-state index contributed by atoms with van der Waals surface area (Å²) in [5.74, 6) is -0.521. The molecule has 0 bridgehead atoms. The van der Waals surface area contributed by atoms with E-state index in [9.17, 15) is 14.4 Å². The zero-order valence-electron chi connectivity index (χ0n) is 17.5. The van der Waals surface area contributed by atoms with Gasteiger partial charge >= 0.3 is 0 Å². The van der Waals surface area contributed by atoms with E-state index in [-0.39, 0.29) is 30.0 Å². The van der Waals surface area contributed by atoms with Crippen LogP contribution in [0.15, 0.2) is 59.8 Å². The molecule has 0 aliphatic carbocycles. The highest BCUT2D eigenvalue weighted by atomic mass is 16.2. The molecule has 1 fully saturated rings. The van der Waals surface area contributed by atoms with Gasteiger partial charge in [0.15, 0.2) is 0 Å². The molecule has 0 radical (unpaired) electrons. The van der Waals surface area contributed by atoms with Gasteiger partial charge in [-0.25, -0.2) is 0 Å². The number of aromatic amines is 1. The number of H-pyrrole nitrogens is 1. The third kappa shape index (κ3) is 4.28. The smallest absolute Gasteiger partial charge is 0.261 e. The van der Waals surface area contributed by atoms with Crippen molar-refractivity contribution in [3.63, 3.8) is 0 Å². The normalized spacial score (nSPS) is 18.4. The molecule has 8 nitrogen and oxygen atoms in total. The van der Waals surface area contributed by atoms with Gasteiger partial charge in [-0.05, 0) is 24.1 Å². The number of hydrogen-bond donors (Lipinski definition) is 2. The summed E-state index contributed by atoms with van der Waals surface area (Å²) in [5, 5.41) is 7.31. The molecule has 1 aliphatic heterocycles. The third-order valence-electron chi connectivity index (χ3n) is 5.80. The molecule has 3 heterocycles. The van der Waals surface area contributed by atoms with E-state index in [1.54, 1.807) is 31.1 Å². The molecule has 1 saturated heterocycles. The van der Waals surface area contributed by atoms with Crippen molar-refractivity contribution in [2.24, 2.45) is 5.92 Å². The van der Waals surface area contributed by atoms with E-state index in [1.165, 1.54) is 6.20 Å². The van der Waals surface area contributed by atoms with E-state index < -0.39 is 11.5 Å². The summed E-state index contributed by atoms with van der Waals surface area (Å²) in [6.07, 6.45) is 5.58. The Hall–Kier alpha value is -3.68. The Kier molecular flexibility index (Phi) is 5.70. The Morgan fingerprint density at radius 2 is 2.00 bits per heavy atom. The lowest BCUT2D eigenvalue weighted by atomic mass is 9.95. The van der Waals surface area contributed by atoms with Gasteiger partial charge in [-0.1, -0.05) is 30.3 Å². The zero-order chi connectivity index (χ0) is 22.0. The molecular weight excluding hydrogens is 394 g/mol. The van der Waals surface area contributed by atoms with Crippen LogP contribution in [0.5, 0.6) is 0 Å². The Bertz CT molecular complexity index is 1150. The Morgan fingerprint density at radius 3 is 2.74 bits per heavy atom. The molecule has 4 rings (SSSR count). The minimum atomic E-state index is -0.431. The van der Waals surface area contributed by atoms with Gasteiger partial charge in [0.2, 0.25) is 5.91 Å². The highest BCUT2D eigenvalue weighted by Crippen LogP contribution is 2.36. The van der Waals surface area contributed by atoms with Crippen molar-refractivity contribution >= 4 is 11.8 Å². The lowest BCUT2D eigenvalue weighted by molar-refractivity contribution is -0.127. The van der Waals surface area contributed by atoms with Crippen molar-refractivity contribution < 1.29 is 9.59 Å². The molecule has 160 valence electrons. The van der Waals surface area contributed by atoms with Crippen LogP contribution in [0.3, 0.4) is 0 Å². The fourth-order valence-corrected chi connectivity index (χ4v) is 4.19. The molecular formula is C23H25N5O3. The van der Waals surface area contributed by atoms with Crippen LogP contribution in [0.25, 0.3) is 0 Å². The average molecular weight is 419 g/mol. The summed E-state index contributed by atoms with van der Waals surface area (Å²) in [7, 11) is 1.77. The molecule has 2 aromatic heterocycles. The maximum absolute atomic E-state index is 12.6. The number of carbonyl (C=O) groups excluding carboxylic acids is 2. The van der Waals surface area contributed by atoms with Crippen LogP contribution < -0.4 is 10.9 Å². The molecule has 0 spiro atoms. The van der Waals surface area contributed by atoms with Gasteiger partial charge in [0.05, 0.1) is 18.8 Å². The second kappa shape index (κ2) is 8.59. The Labute approximate surface area is 179 Å². The summed E-state index contributed by atoms with van der Waals surface area (Å²) >= 11 is 0. The SMILES string of the molecule is Cc1cc[nH]c(=O)c1C(=O)NC[C@@H]1CC(=O)N(C)[C@H]1c1cnn(Cc2ccccc2)c1. The van der Waals surface area contributed by atoms with Crippen molar-refractivity contribution in [1.82, 2.24) is 25.0 Å². The summed E-state index contributed by atoms with van der Waals surface area (Å²) < 4.78 is 1.85. The van der Waals surface area contributed by atoms with Crippen LogP contribution in [-0.2, 0) is 11.3 Å². The Morgan fingerprint density at radius 1 is 1.23 bits per heavy atom. The topological polar surface area (TPSA) is 100 Å². The number of hydrogen-bond acceptors (Lipinski definition) is 4. The molecule has 1 aromatic carbocycles. The summed E-state index contributed by atoms with van der Waals surface area (Å²) in [6.45, 7) is 2.65. The van der Waals surface area contributed by atoms with Crippen LogP contribution in [0, 0.1) is 12.8 Å². The van der Waals surface area contributed by atoms with Crippen molar-refractivity contribution in [2.45, 2.75) is 25.9 Å². The quantitative estimate of drug-likeness (QED) is 0.637. The number of nitrogens with one attached hydrogen (secondary N) is 2. The maximum atomic E-state index is 12.6. The minimum absolute atomic E-state index is 0.0220. The van der Waals surface area contributed by atoms with Crippen molar-refractivity contribution in [2.75, 3.05) is 13.6 Å². The van der Waals surface area contributed by atoms with Crippen LogP contribution >= 0.6 is 0 Å². The number of likely N-dealkylation sites (tertiary alicyclic amines) is 1. The van der Waals surface area contributed by atoms with E-state index in [4.69, 9.17) is 0 Å². The van der Waals surface area contributed by atoms with E-state index in [0.29, 0.717) is 18.5 Å². The van der Waals surface area contributed by atoms with Crippen molar-refractivity contribution in [3.05, 3.63) is 87.6 Å². The monoisotopic (exact) mass is 419 g/mol. The molecule has 2 N–H and O–H groups in total. The molecule has 3 aromatic rings. The standard InChI is InChI=1S/C23H25N5O3/c1-15-8-9-24-22(30)20(15)23(31)25-11-17-10-19(29)27(2)21(17)18-12-26-28(14-18)13-16-6-4-3-5-7-16/h3-9,12,14,17,21H,10-11,13H2,1-2H3,(H,24,30)(H,25,31)/t17-,21+/m0/s1. The fourth-order valence-electron chi connectivity index (χ4n) is 4.19. The van der Waals surface area contributed by atoms with Gasteiger partial charge in [0.25, 0.3) is 11.5 Å². The average Bonchev–Trinajstić information content (AvgIpc) is 3.31. The highest BCUT2D eigenvalue weighted by molar-refractivity contribution is 5.95. The first-order valence-corrected chi connectivity index (χ1v) is 10.2. The third-order valence-corrected chi connectivity index (χ3v) is 5.80. The molecule has 1 aliphatic rings. The number of pyridine rings is 1. The number of aromatic nitrogens is 3. The van der Waals surface area contributed by atoms with Gasteiger partial charge in [-0.15, -0.1) is 0 Å². The first-order chi connectivity index (χ1) is 14.9. The highest BCUT2D eigenvalue weighted by Gasteiger charge is 2.39. The van der Waals surface area contributed by atoms with Crippen LogP contribution in [0.1, 0.15) is 39.5 Å². The Balaban J connectivity index is 1.49. The minimum Gasteiger partial charge on any atom is -0.351 e.